The molecule has 0 unspecified atom stereocenters. The summed E-state index contributed by atoms with van der Waals surface area (Å²) in [7, 11) is -3.95. The van der Waals surface area contributed by atoms with Crippen molar-refractivity contribution in [3.63, 3.8) is 0 Å². The second-order valence-electron chi connectivity index (χ2n) is 4.70. The van der Waals surface area contributed by atoms with Gasteiger partial charge in [0.2, 0.25) is 5.91 Å². The van der Waals surface area contributed by atoms with Crippen molar-refractivity contribution in [2.24, 2.45) is 5.73 Å². The molecular formula is C15H15NO4S. The Bertz CT molecular complexity index is 780. The van der Waals surface area contributed by atoms with Gasteiger partial charge in [0.05, 0.1) is 0 Å². The number of benzene rings is 2. The molecule has 5 nitrogen and oxygen atoms in total. The molecule has 2 rings (SSSR count). The molecule has 2 aromatic rings. The van der Waals surface area contributed by atoms with E-state index in [0.717, 1.165) is 11.1 Å². The van der Waals surface area contributed by atoms with Crippen LogP contribution in [-0.4, -0.2) is 14.3 Å². The predicted molar refractivity (Wildman–Crippen MR) is 78.7 cm³/mol. The Balaban J connectivity index is 2.34. The monoisotopic (exact) mass is 305 g/mol. The molecule has 0 bridgehead atoms. The van der Waals surface area contributed by atoms with Crippen molar-refractivity contribution in [2.45, 2.75) is 18.7 Å². The number of carbonyl (C=O) groups excluding carboxylic acids is 1. The van der Waals surface area contributed by atoms with Crippen LogP contribution in [0.15, 0.2) is 47.4 Å². The van der Waals surface area contributed by atoms with Gasteiger partial charge in [0, 0.05) is 5.56 Å². The van der Waals surface area contributed by atoms with Crippen LogP contribution in [0.3, 0.4) is 0 Å². The van der Waals surface area contributed by atoms with Gasteiger partial charge in [-0.15, -0.1) is 0 Å². The average molecular weight is 305 g/mol. The number of nitrogens with two attached hydrogens (primary N) is 1. The van der Waals surface area contributed by atoms with Crippen molar-refractivity contribution in [3.05, 3.63) is 59.2 Å². The molecule has 21 heavy (non-hydrogen) atoms. The van der Waals surface area contributed by atoms with E-state index in [1.165, 1.54) is 24.3 Å². The van der Waals surface area contributed by atoms with Gasteiger partial charge in [-0.05, 0) is 55.3 Å². The zero-order valence-corrected chi connectivity index (χ0v) is 12.5. The topological polar surface area (TPSA) is 86.5 Å². The van der Waals surface area contributed by atoms with E-state index in [0.29, 0.717) is 0 Å². The van der Waals surface area contributed by atoms with Gasteiger partial charge in [-0.2, -0.15) is 8.42 Å². The molecule has 110 valence electrons. The molecule has 2 N–H and O–H groups in total. The minimum absolute atomic E-state index is 0.0339. The van der Waals surface area contributed by atoms with Gasteiger partial charge in [-0.3, -0.25) is 4.79 Å². The van der Waals surface area contributed by atoms with Crippen LogP contribution in [0.4, 0.5) is 0 Å². The normalized spacial score (nSPS) is 11.1. The number of hydrogen-bond donors (Lipinski definition) is 1. The highest BCUT2D eigenvalue weighted by atomic mass is 32.2. The van der Waals surface area contributed by atoms with Crippen molar-refractivity contribution in [3.8, 4) is 5.75 Å². The molecule has 1 amide bonds. The second-order valence-corrected chi connectivity index (χ2v) is 6.24. The fourth-order valence-electron chi connectivity index (χ4n) is 1.75. The molecule has 0 aliphatic carbocycles. The van der Waals surface area contributed by atoms with Crippen molar-refractivity contribution >= 4 is 16.0 Å². The minimum Gasteiger partial charge on any atom is -0.379 e. The fourth-order valence-corrected chi connectivity index (χ4v) is 2.73. The maximum absolute atomic E-state index is 12.2. The van der Waals surface area contributed by atoms with Gasteiger partial charge in [0.1, 0.15) is 10.6 Å². The summed E-state index contributed by atoms with van der Waals surface area (Å²) < 4.78 is 29.6. The van der Waals surface area contributed by atoms with Crippen LogP contribution in [0.1, 0.15) is 21.5 Å². The third-order valence-corrected chi connectivity index (χ3v) is 4.22. The molecule has 0 saturated heterocycles. The van der Waals surface area contributed by atoms with Gasteiger partial charge in [0.25, 0.3) is 0 Å². The fraction of sp³-hybridized carbons (Fsp3) is 0.133. The minimum atomic E-state index is -3.95. The Labute approximate surface area is 123 Å². The highest BCUT2D eigenvalue weighted by Crippen LogP contribution is 2.24. The summed E-state index contributed by atoms with van der Waals surface area (Å²) in [5, 5.41) is 0. The standard InChI is InChI=1S/C15H15NO4S/c1-10-3-4-11(2)14(9-10)20-21(18,19)13-7-5-12(6-8-13)15(16)17/h3-9H,1-2H3,(H2,16,17). The molecule has 0 fully saturated rings. The summed E-state index contributed by atoms with van der Waals surface area (Å²) in [6, 6.07) is 10.6. The van der Waals surface area contributed by atoms with Crippen LogP contribution in [0.5, 0.6) is 5.75 Å². The summed E-state index contributed by atoms with van der Waals surface area (Å²) in [5.41, 5.74) is 6.97. The van der Waals surface area contributed by atoms with Crippen molar-refractivity contribution in [1.82, 2.24) is 0 Å². The summed E-state index contributed by atoms with van der Waals surface area (Å²) in [5.74, 6) is -0.330. The number of hydrogen-bond acceptors (Lipinski definition) is 4. The third-order valence-electron chi connectivity index (χ3n) is 2.97. The predicted octanol–water partition coefficient (Wildman–Crippen LogP) is 2.17. The quantitative estimate of drug-likeness (QED) is 0.877. The molecule has 0 atom stereocenters. The zero-order valence-electron chi connectivity index (χ0n) is 11.7. The zero-order chi connectivity index (χ0) is 15.6. The number of rotatable bonds is 4. The molecule has 0 aliphatic rings. The molecule has 0 aromatic heterocycles. The maximum Gasteiger partial charge on any atom is 0.339 e. The van der Waals surface area contributed by atoms with E-state index in [1.807, 2.05) is 13.0 Å². The lowest BCUT2D eigenvalue weighted by atomic mass is 10.1. The Kier molecular flexibility index (Phi) is 3.99. The highest BCUT2D eigenvalue weighted by Gasteiger charge is 2.18. The number of amides is 1. The SMILES string of the molecule is Cc1ccc(C)c(OS(=O)(=O)c2ccc(C(N)=O)cc2)c1. The summed E-state index contributed by atoms with van der Waals surface area (Å²) in [6.45, 7) is 3.61. The number of primary amides is 1. The molecule has 0 aliphatic heterocycles. The summed E-state index contributed by atoms with van der Waals surface area (Å²) in [6.07, 6.45) is 0. The van der Waals surface area contributed by atoms with E-state index in [4.69, 9.17) is 9.92 Å². The molecule has 0 heterocycles. The second kappa shape index (κ2) is 5.57. The smallest absolute Gasteiger partial charge is 0.339 e. The number of aryl methyl sites for hydroxylation is 2. The van der Waals surface area contributed by atoms with Crippen LogP contribution in [-0.2, 0) is 10.1 Å². The van der Waals surface area contributed by atoms with Gasteiger partial charge in [-0.1, -0.05) is 12.1 Å². The van der Waals surface area contributed by atoms with E-state index in [2.05, 4.69) is 0 Å². The lowest BCUT2D eigenvalue weighted by molar-refractivity contribution is 0.1000. The van der Waals surface area contributed by atoms with Crippen molar-refractivity contribution in [2.75, 3.05) is 0 Å². The van der Waals surface area contributed by atoms with E-state index in [9.17, 15) is 13.2 Å². The van der Waals surface area contributed by atoms with E-state index in [1.54, 1.807) is 19.1 Å². The largest absolute Gasteiger partial charge is 0.379 e. The lowest BCUT2D eigenvalue weighted by Crippen LogP contribution is -2.13. The van der Waals surface area contributed by atoms with Crippen LogP contribution < -0.4 is 9.92 Å². The highest BCUT2D eigenvalue weighted by molar-refractivity contribution is 7.87. The number of carbonyl (C=O) groups is 1. The lowest BCUT2D eigenvalue weighted by Gasteiger charge is -2.10. The first-order chi connectivity index (χ1) is 9.79. The van der Waals surface area contributed by atoms with E-state index < -0.39 is 16.0 Å². The van der Waals surface area contributed by atoms with Crippen LogP contribution in [0.2, 0.25) is 0 Å². The van der Waals surface area contributed by atoms with Crippen LogP contribution >= 0.6 is 0 Å². The Morgan fingerprint density at radius 2 is 1.67 bits per heavy atom. The average Bonchev–Trinajstić information content (AvgIpc) is 2.43. The molecule has 0 spiro atoms. The van der Waals surface area contributed by atoms with Crippen LogP contribution in [0, 0.1) is 13.8 Å². The Hall–Kier alpha value is -2.34. The molecule has 2 aromatic carbocycles. The Morgan fingerprint density at radius 3 is 2.24 bits per heavy atom. The summed E-state index contributed by atoms with van der Waals surface area (Å²) >= 11 is 0. The summed E-state index contributed by atoms with van der Waals surface area (Å²) in [4.78, 5) is 10.9. The molecule has 0 saturated carbocycles. The van der Waals surface area contributed by atoms with Crippen LogP contribution in [0.25, 0.3) is 0 Å². The third kappa shape index (κ3) is 3.41. The molecular weight excluding hydrogens is 290 g/mol. The first-order valence-electron chi connectivity index (χ1n) is 6.21. The van der Waals surface area contributed by atoms with Gasteiger partial charge >= 0.3 is 10.1 Å². The van der Waals surface area contributed by atoms with Gasteiger partial charge in [0.15, 0.2) is 0 Å². The van der Waals surface area contributed by atoms with Crippen molar-refractivity contribution < 1.29 is 17.4 Å². The first-order valence-corrected chi connectivity index (χ1v) is 7.62. The maximum atomic E-state index is 12.2. The van der Waals surface area contributed by atoms with Crippen molar-refractivity contribution in [1.29, 1.82) is 0 Å². The molecule has 6 heteroatoms. The Morgan fingerprint density at radius 1 is 1.05 bits per heavy atom. The van der Waals surface area contributed by atoms with Gasteiger partial charge in [-0.25, -0.2) is 0 Å². The van der Waals surface area contributed by atoms with Gasteiger partial charge < -0.3 is 9.92 Å². The molecule has 0 radical (unpaired) electrons. The van der Waals surface area contributed by atoms with E-state index >= 15 is 0 Å². The van der Waals surface area contributed by atoms with E-state index in [-0.39, 0.29) is 16.2 Å². The first kappa shape index (κ1) is 15.1.